The van der Waals surface area contributed by atoms with Gasteiger partial charge < -0.3 is 10.0 Å². The fourth-order valence-electron chi connectivity index (χ4n) is 3.31. The van der Waals surface area contributed by atoms with Crippen molar-refractivity contribution in [2.45, 2.75) is 26.1 Å². The topological polar surface area (TPSA) is 38.7 Å². The second-order valence-corrected chi connectivity index (χ2v) is 6.76. The van der Waals surface area contributed by atoms with Crippen LogP contribution in [0.2, 0.25) is 0 Å². The lowest BCUT2D eigenvalue weighted by Gasteiger charge is -2.28. The number of alkyl halides is 3. The molecule has 2 N–H and O–H groups in total. The Balaban J connectivity index is 1.83. The van der Waals surface area contributed by atoms with Crippen LogP contribution in [0.25, 0.3) is 11.9 Å². The lowest BCUT2D eigenvalue weighted by atomic mass is 10.1. The summed E-state index contributed by atoms with van der Waals surface area (Å²) in [4.78, 5) is 1.95. The first kappa shape index (κ1) is 17.3. The van der Waals surface area contributed by atoms with Crippen LogP contribution < -0.4 is 20.9 Å². The fourth-order valence-corrected chi connectivity index (χ4v) is 3.31. The van der Waals surface area contributed by atoms with Gasteiger partial charge in [-0.1, -0.05) is 24.3 Å². The molecule has 0 atom stereocenters. The third kappa shape index (κ3) is 2.79. The van der Waals surface area contributed by atoms with Gasteiger partial charge >= 0.3 is 6.18 Å². The van der Waals surface area contributed by atoms with Crippen LogP contribution >= 0.6 is 0 Å². The minimum atomic E-state index is -4.40. The van der Waals surface area contributed by atoms with Crippen LogP contribution in [0, 0.1) is 0 Å². The fraction of sp³-hybridized carbons (Fsp3) is 0.200. The number of hydrogen-bond donors (Lipinski definition) is 2. The number of aliphatic hydroxyl groups is 1. The molecule has 0 bridgehead atoms. The summed E-state index contributed by atoms with van der Waals surface area (Å²) in [6, 6.07) is 12.5. The molecule has 0 fully saturated rings. The number of benzene rings is 2. The number of nitrogens with one attached hydrogen (secondary N) is 1. The summed E-state index contributed by atoms with van der Waals surface area (Å²) < 4.78 is 38.5. The molecule has 0 saturated carbocycles. The lowest BCUT2D eigenvalue weighted by molar-refractivity contribution is -0.137. The van der Waals surface area contributed by atoms with Crippen molar-refractivity contribution in [3.63, 3.8) is 0 Å². The predicted molar refractivity (Wildman–Crippen MR) is 97.3 cm³/mol. The van der Waals surface area contributed by atoms with Gasteiger partial charge in [-0.05, 0) is 38.1 Å². The molecule has 0 saturated heterocycles. The summed E-state index contributed by atoms with van der Waals surface area (Å²) in [5.41, 5.74) is 4.14. The van der Waals surface area contributed by atoms with Crippen molar-refractivity contribution in [3.05, 3.63) is 76.1 Å². The molecule has 0 aliphatic carbocycles. The van der Waals surface area contributed by atoms with Crippen molar-refractivity contribution in [1.82, 2.24) is 10.3 Å². The van der Waals surface area contributed by atoms with Crippen LogP contribution in [0.3, 0.4) is 0 Å². The van der Waals surface area contributed by atoms with Crippen LogP contribution in [0.1, 0.15) is 19.4 Å². The Bertz CT molecular complexity index is 1040. The molecule has 2 aliphatic rings. The van der Waals surface area contributed by atoms with Gasteiger partial charge in [0.05, 0.1) is 16.9 Å². The van der Waals surface area contributed by atoms with Gasteiger partial charge in [0.15, 0.2) is 0 Å². The third-order valence-corrected chi connectivity index (χ3v) is 4.66. The van der Waals surface area contributed by atoms with Crippen LogP contribution in [0.4, 0.5) is 18.9 Å². The minimum absolute atomic E-state index is 0.0517. The van der Waals surface area contributed by atoms with Crippen LogP contribution in [-0.4, -0.2) is 16.0 Å². The van der Waals surface area contributed by atoms with Crippen LogP contribution in [-0.2, 0) is 6.18 Å². The normalized spacial score (nSPS) is 16.3. The minimum Gasteiger partial charge on any atom is -0.492 e. The summed E-state index contributed by atoms with van der Waals surface area (Å²) in [5, 5.41) is 14.2. The second kappa shape index (κ2) is 5.97. The second-order valence-electron chi connectivity index (χ2n) is 6.76. The smallest absolute Gasteiger partial charge is 0.416 e. The summed E-state index contributed by atoms with van der Waals surface area (Å²) in [5.74, 6) is -0.0517. The van der Waals surface area contributed by atoms with Gasteiger partial charge in [-0.25, -0.2) is 5.01 Å². The van der Waals surface area contributed by atoms with E-state index in [1.165, 1.54) is 17.1 Å². The van der Waals surface area contributed by atoms with Gasteiger partial charge in [0.25, 0.3) is 0 Å². The predicted octanol–water partition coefficient (Wildman–Crippen LogP) is 3.03. The Labute approximate surface area is 154 Å². The number of halogens is 3. The lowest BCUT2D eigenvalue weighted by Crippen LogP contribution is -2.42. The van der Waals surface area contributed by atoms with Gasteiger partial charge in [-0.2, -0.15) is 13.2 Å². The Morgan fingerprint density at radius 1 is 1.00 bits per heavy atom. The maximum atomic E-state index is 12.8. The molecule has 27 heavy (non-hydrogen) atoms. The number of nitrogens with zero attached hydrogens (tertiary/aromatic N) is 2. The van der Waals surface area contributed by atoms with E-state index in [0.29, 0.717) is 11.4 Å². The van der Waals surface area contributed by atoms with Crippen LogP contribution in [0.15, 0.2) is 60.1 Å². The maximum Gasteiger partial charge on any atom is 0.416 e. The van der Waals surface area contributed by atoms with Crippen molar-refractivity contribution in [1.29, 1.82) is 0 Å². The van der Waals surface area contributed by atoms with Gasteiger partial charge in [-0.15, -0.1) is 0 Å². The Morgan fingerprint density at radius 3 is 2.30 bits per heavy atom. The first-order valence-electron chi connectivity index (χ1n) is 8.54. The zero-order chi connectivity index (χ0) is 19.3. The standard InChI is InChI=1S/C20H18F3N3O/c1-12(2)25-11-13-5-3-4-6-16(13)17-18(25)19(27)26(24-17)15-9-7-14(8-10-15)20(21,22)23/h3-12,24,27H,1-2H3. The van der Waals surface area contributed by atoms with E-state index < -0.39 is 11.7 Å². The molecule has 2 heterocycles. The van der Waals surface area contributed by atoms with E-state index in [0.717, 1.165) is 28.3 Å². The van der Waals surface area contributed by atoms with Crippen molar-refractivity contribution in [2.75, 3.05) is 5.01 Å². The molecule has 140 valence electrons. The van der Waals surface area contributed by atoms with Crippen molar-refractivity contribution >= 4 is 17.6 Å². The first-order valence-corrected chi connectivity index (χ1v) is 8.54. The molecule has 4 nitrogen and oxygen atoms in total. The number of fused-ring (bicyclic) bond motifs is 2. The highest BCUT2D eigenvalue weighted by Crippen LogP contribution is 2.34. The highest BCUT2D eigenvalue weighted by atomic mass is 19.4. The van der Waals surface area contributed by atoms with Gasteiger partial charge in [0, 0.05) is 22.7 Å². The van der Waals surface area contributed by atoms with Crippen molar-refractivity contribution < 1.29 is 18.3 Å². The van der Waals surface area contributed by atoms with E-state index in [1.54, 1.807) is 0 Å². The van der Waals surface area contributed by atoms with E-state index in [1.807, 2.05) is 49.2 Å². The number of rotatable bonds is 2. The summed E-state index contributed by atoms with van der Waals surface area (Å²) in [6.45, 7) is 4.01. The summed E-state index contributed by atoms with van der Waals surface area (Å²) in [7, 11) is 0. The van der Waals surface area contributed by atoms with E-state index >= 15 is 0 Å². The summed E-state index contributed by atoms with van der Waals surface area (Å²) in [6.07, 6.45) is -2.43. The molecule has 0 amide bonds. The van der Waals surface area contributed by atoms with E-state index in [2.05, 4.69) is 5.43 Å². The molecule has 7 heteroatoms. The number of hydrogen-bond acceptors (Lipinski definition) is 4. The monoisotopic (exact) mass is 373 g/mol. The Morgan fingerprint density at radius 2 is 1.67 bits per heavy atom. The molecule has 0 unspecified atom stereocenters. The zero-order valence-corrected chi connectivity index (χ0v) is 14.7. The van der Waals surface area contributed by atoms with Gasteiger partial charge in [0.2, 0.25) is 5.88 Å². The number of anilines is 1. The highest BCUT2D eigenvalue weighted by molar-refractivity contribution is 5.75. The van der Waals surface area contributed by atoms with E-state index in [-0.39, 0.29) is 11.9 Å². The van der Waals surface area contributed by atoms with Gasteiger partial charge in [-0.3, -0.25) is 5.43 Å². The average Bonchev–Trinajstić information content (AvgIpc) is 2.98. The molecule has 2 aliphatic heterocycles. The van der Waals surface area contributed by atoms with Crippen molar-refractivity contribution in [3.8, 4) is 0 Å². The molecular formula is C20H18F3N3O. The molecule has 0 spiro atoms. The summed E-state index contributed by atoms with van der Waals surface area (Å²) >= 11 is 0. The first-order chi connectivity index (χ1) is 12.8. The van der Waals surface area contributed by atoms with E-state index in [4.69, 9.17) is 0 Å². The van der Waals surface area contributed by atoms with Crippen LogP contribution in [0.5, 0.6) is 0 Å². The Kier molecular flexibility index (Phi) is 3.83. The third-order valence-electron chi connectivity index (χ3n) is 4.66. The highest BCUT2D eigenvalue weighted by Gasteiger charge is 2.35. The molecular weight excluding hydrogens is 355 g/mol. The SMILES string of the molecule is CC(C)N1C=c2ccccc2=C2NN(c3ccc(C(F)(F)F)cc3)C(O)=C21. The molecule has 2 aromatic carbocycles. The van der Waals surface area contributed by atoms with Crippen molar-refractivity contribution in [2.24, 2.45) is 0 Å². The number of aliphatic hydroxyl groups excluding tert-OH is 1. The quantitative estimate of drug-likeness (QED) is 0.849. The molecule has 2 aromatic rings. The van der Waals surface area contributed by atoms with Gasteiger partial charge in [0.1, 0.15) is 5.70 Å². The van der Waals surface area contributed by atoms with E-state index in [9.17, 15) is 18.3 Å². The molecule has 0 radical (unpaired) electrons. The zero-order valence-electron chi connectivity index (χ0n) is 14.7. The molecule has 0 aromatic heterocycles. The molecule has 4 rings (SSSR count). The average molecular weight is 373 g/mol. The number of hydrazine groups is 1. The Hall–Kier alpha value is -3.09. The maximum absolute atomic E-state index is 12.8. The largest absolute Gasteiger partial charge is 0.492 e.